The molecule has 0 unspecified atom stereocenters. The average Bonchev–Trinajstić information content (AvgIpc) is 2.68. The molecule has 0 spiro atoms. The molecule has 100 valence electrons. The Balaban J connectivity index is 1.91. The highest BCUT2D eigenvalue weighted by molar-refractivity contribution is 9.13. The normalized spacial score (nSPS) is 18.6. The Labute approximate surface area is 126 Å². The van der Waals surface area contributed by atoms with E-state index >= 15 is 0 Å². The second kappa shape index (κ2) is 6.00. The van der Waals surface area contributed by atoms with Crippen LogP contribution in [-0.4, -0.2) is 36.4 Å². The third-order valence-electron chi connectivity index (χ3n) is 2.87. The third-order valence-corrected chi connectivity index (χ3v) is 6.13. The van der Waals surface area contributed by atoms with E-state index in [0.29, 0.717) is 30.9 Å². The van der Waals surface area contributed by atoms with Gasteiger partial charge >= 0.3 is 0 Å². The van der Waals surface area contributed by atoms with Crippen molar-refractivity contribution in [1.82, 2.24) is 5.32 Å². The van der Waals surface area contributed by atoms with Crippen LogP contribution in [0.3, 0.4) is 0 Å². The fourth-order valence-corrected chi connectivity index (χ4v) is 3.67. The molecule has 1 amide bonds. The monoisotopic (exact) mass is 397 g/mol. The van der Waals surface area contributed by atoms with E-state index in [2.05, 4.69) is 37.2 Å². The molecule has 4 nitrogen and oxygen atoms in total. The first-order valence-corrected chi connectivity index (χ1v) is 7.94. The van der Waals surface area contributed by atoms with Crippen molar-refractivity contribution in [2.45, 2.75) is 18.4 Å². The second-order valence-electron chi connectivity index (χ2n) is 4.25. The number of rotatable bonds is 3. The van der Waals surface area contributed by atoms with Gasteiger partial charge in [0.1, 0.15) is 0 Å². The fraction of sp³-hybridized carbons (Fsp3) is 0.545. The summed E-state index contributed by atoms with van der Waals surface area (Å²) in [5, 5.41) is 13.0. The number of carbonyl (C=O) groups is 1. The number of thiophene rings is 1. The topological polar surface area (TPSA) is 58.6 Å². The van der Waals surface area contributed by atoms with E-state index in [0.717, 1.165) is 8.26 Å². The molecule has 0 aliphatic carbocycles. The molecule has 2 rings (SSSR count). The zero-order valence-corrected chi connectivity index (χ0v) is 13.5. The molecule has 1 aromatic rings. The quantitative estimate of drug-likeness (QED) is 0.822. The van der Waals surface area contributed by atoms with E-state index in [1.54, 1.807) is 6.07 Å². The van der Waals surface area contributed by atoms with Gasteiger partial charge < -0.3 is 15.2 Å². The van der Waals surface area contributed by atoms with E-state index in [-0.39, 0.29) is 12.5 Å². The lowest BCUT2D eigenvalue weighted by Crippen LogP contribution is -2.46. The van der Waals surface area contributed by atoms with E-state index in [4.69, 9.17) is 4.74 Å². The van der Waals surface area contributed by atoms with Gasteiger partial charge in [0, 0.05) is 37.1 Å². The van der Waals surface area contributed by atoms with Crippen molar-refractivity contribution in [3.63, 3.8) is 0 Å². The Morgan fingerprint density at radius 1 is 1.50 bits per heavy atom. The molecule has 2 N–H and O–H groups in total. The highest BCUT2D eigenvalue weighted by Crippen LogP contribution is 2.32. The number of ether oxygens (including phenoxy) is 1. The van der Waals surface area contributed by atoms with Gasteiger partial charge in [-0.2, -0.15) is 0 Å². The first kappa shape index (κ1) is 14.5. The van der Waals surface area contributed by atoms with Gasteiger partial charge in [-0.15, -0.1) is 11.3 Å². The molecule has 0 saturated carbocycles. The summed E-state index contributed by atoms with van der Waals surface area (Å²) in [6.45, 7) is 1.35. The van der Waals surface area contributed by atoms with E-state index in [1.807, 2.05) is 0 Å². The van der Waals surface area contributed by atoms with Gasteiger partial charge in [0.25, 0.3) is 5.91 Å². The molecule has 7 heteroatoms. The number of carbonyl (C=O) groups excluding carboxylic acids is 1. The highest BCUT2D eigenvalue weighted by atomic mass is 79.9. The van der Waals surface area contributed by atoms with Crippen molar-refractivity contribution in [1.29, 1.82) is 0 Å². The Hall–Kier alpha value is 0.0500. The van der Waals surface area contributed by atoms with Crippen LogP contribution in [0.2, 0.25) is 0 Å². The van der Waals surface area contributed by atoms with E-state index in [9.17, 15) is 9.90 Å². The number of hydrogen-bond donors (Lipinski definition) is 2. The minimum Gasteiger partial charge on any atom is -0.388 e. The predicted molar refractivity (Wildman–Crippen MR) is 77.1 cm³/mol. The Bertz CT molecular complexity index is 424. The minimum absolute atomic E-state index is 0.161. The first-order chi connectivity index (χ1) is 8.50. The van der Waals surface area contributed by atoms with Gasteiger partial charge in [-0.25, -0.2) is 0 Å². The number of amides is 1. The third kappa shape index (κ3) is 3.54. The van der Waals surface area contributed by atoms with Gasteiger partial charge in [0.15, 0.2) is 0 Å². The van der Waals surface area contributed by atoms with Crippen LogP contribution in [0.4, 0.5) is 0 Å². The number of hydrogen-bond acceptors (Lipinski definition) is 4. The lowest BCUT2D eigenvalue weighted by Gasteiger charge is -2.31. The van der Waals surface area contributed by atoms with Crippen LogP contribution in [0.5, 0.6) is 0 Å². The Kier molecular flexibility index (Phi) is 4.82. The lowest BCUT2D eigenvalue weighted by molar-refractivity contribution is -0.0605. The summed E-state index contributed by atoms with van der Waals surface area (Å²) >= 11 is 8.05. The van der Waals surface area contributed by atoms with E-state index < -0.39 is 5.60 Å². The summed E-state index contributed by atoms with van der Waals surface area (Å²) in [5.74, 6) is -0.161. The molecule has 18 heavy (non-hydrogen) atoms. The van der Waals surface area contributed by atoms with Crippen molar-refractivity contribution < 1.29 is 14.6 Å². The van der Waals surface area contributed by atoms with Crippen LogP contribution >= 0.6 is 43.2 Å². The van der Waals surface area contributed by atoms with E-state index in [1.165, 1.54) is 11.3 Å². The largest absolute Gasteiger partial charge is 0.388 e. The van der Waals surface area contributed by atoms with Crippen molar-refractivity contribution in [2.75, 3.05) is 19.8 Å². The van der Waals surface area contributed by atoms with Gasteiger partial charge in [-0.3, -0.25) is 4.79 Å². The molecule has 0 radical (unpaired) electrons. The molecule has 1 aliphatic heterocycles. The average molecular weight is 399 g/mol. The van der Waals surface area contributed by atoms with Crippen molar-refractivity contribution in [2.24, 2.45) is 0 Å². The molecule has 1 saturated heterocycles. The standard InChI is InChI=1S/C11H13Br2NO3S/c12-7-5-8(18-9(7)13)10(15)14-6-11(16)1-3-17-4-2-11/h5,16H,1-4,6H2,(H,14,15). The van der Waals surface area contributed by atoms with Gasteiger partial charge in [0.05, 0.1) is 14.3 Å². The molecular formula is C11H13Br2NO3S. The van der Waals surface area contributed by atoms with Gasteiger partial charge in [0.2, 0.25) is 0 Å². The van der Waals surface area contributed by atoms with Crippen molar-refractivity contribution >= 4 is 49.1 Å². The SMILES string of the molecule is O=C(NCC1(O)CCOCC1)c1cc(Br)c(Br)s1. The molecule has 0 aromatic carbocycles. The minimum atomic E-state index is -0.834. The maximum absolute atomic E-state index is 11.9. The fourth-order valence-electron chi connectivity index (χ4n) is 1.72. The first-order valence-electron chi connectivity index (χ1n) is 5.53. The molecule has 1 aromatic heterocycles. The van der Waals surface area contributed by atoms with Crippen LogP contribution in [0.1, 0.15) is 22.5 Å². The van der Waals surface area contributed by atoms with Gasteiger partial charge in [-0.05, 0) is 37.9 Å². The van der Waals surface area contributed by atoms with Crippen molar-refractivity contribution in [3.8, 4) is 0 Å². The van der Waals surface area contributed by atoms with Crippen LogP contribution in [0.15, 0.2) is 14.3 Å². The zero-order valence-electron chi connectivity index (χ0n) is 9.54. The van der Waals surface area contributed by atoms with Crippen molar-refractivity contribution in [3.05, 3.63) is 19.2 Å². The van der Waals surface area contributed by atoms with Crippen LogP contribution in [0.25, 0.3) is 0 Å². The number of nitrogens with one attached hydrogen (secondary N) is 1. The van der Waals surface area contributed by atoms with Crippen LogP contribution < -0.4 is 5.32 Å². The summed E-state index contributed by atoms with van der Waals surface area (Å²) in [6.07, 6.45) is 1.12. The Morgan fingerprint density at radius 2 is 2.17 bits per heavy atom. The molecule has 0 atom stereocenters. The smallest absolute Gasteiger partial charge is 0.261 e. The summed E-state index contributed by atoms with van der Waals surface area (Å²) in [4.78, 5) is 12.5. The molecular weight excluding hydrogens is 386 g/mol. The molecule has 1 aliphatic rings. The molecule has 0 bridgehead atoms. The molecule has 1 fully saturated rings. The second-order valence-corrected chi connectivity index (χ2v) is 7.48. The summed E-state index contributed by atoms with van der Waals surface area (Å²) in [5.41, 5.74) is -0.834. The number of halogens is 2. The predicted octanol–water partition coefficient (Wildman–Crippen LogP) is 2.54. The maximum atomic E-state index is 11.9. The number of aliphatic hydroxyl groups is 1. The zero-order chi connectivity index (χ0) is 13.2. The summed E-state index contributed by atoms with van der Waals surface area (Å²) in [6, 6.07) is 1.76. The lowest BCUT2D eigenvalue weighted by atomic mass is 9.94. The van der Waals surface area contributed by atoms with Crippen LogP contribution in [-0.2, 0) is 4.74 Å². The van der Waals surface area contributed by atoms with Crippen LogP contribution in [0, 0.1) is 0 Å². The highest BCUT2D eigenvalue weighted by Gasteiger charge is 2.30. The summed E-state index contributed by atoms with van der Waals surface area (Å²) < 4.78 is 6.94. The molecule has 2 heterocycles. The van der Waals surface area contributed by atoms with Gasteiger partial charge in [-0.1, -0.05) is 0 Å². The Morgan fingerprint density at radius 3 is 2.72 bits per heavy atom. The summed E-state index contributed by atoms with van der Waals surface area (Å²) in [7, 11) is 0. The maximum Gasteiger partial charge on any atom is 0.261 e.